The van der Waals surface area contributed by atoms with Crippen LogP contribution < -0.4 is 0 Å². The molecular weight excluding hydrogens is 407 g/mol. The Kier molecular flexibility index (Phi) is 6.61. The van der Waals surface area contributed by atoms with E-state index >= 15 is 0 Å². The van der Waals surface area contributed by atoms with Crippen LogP contribution in [0.15, 0.2) is 46.8 Å². The first kappa shape index (κ1) is 22.0. The molecule has 7 heteroatoms. The van der Waals surface area contributed by atoms with Gasteiger partial charge in [0.1, 0.15) is 0 Å². The number of aryl methyl sites for hydroxylation is 2. The van der Waals surface area contributed by atoms with Gasteiger partial charge in [0.25, 0.3) is 0 Å². The summed E-state index contributed by atoms with van der Waals surface area (Å²) in [5.41, 5.74) is 5.07. The average Bonchev–Trinajstić information content (AvgIpc) is 3.17. The molecule has 1 heterocycles. The minimum Gasteiger partial charge on any atom is -0.366 e. The predicted molar refractivity (Wildman–Crippen MR) is 118 cm³/mol. The van der Waals surface area contributed by atoms with E-state index in [4.69, 9.17) is 0 Å². The molecule has 0 atom stereocenters. The third-order valence-electron chi connectivity index (χ3n) is 4.95. The highest BCUT2D eigenvalue weighted by atomic mass is 32.1. The summed E-state index contributed by atoms with van der Waals surface area (Å²) in [5, 5.41) is 2.81. The van der Waals surface area contributed by atoms with Gasteiger partial charge in [0, 0.05) is 31.0 Å². The van der Waals surface area contributed by atoms with Crippen molar-refractivity contribution in [3.8, 4) is 11.3 Å². The van der Waals surface area contributed by atoms with Gasteiger partial charge in [-0.2, -0.15) is 13.2 Å². The number of halogens is 3. The van der Waals surface area contributed by atoms with Crippen molar-refractivity contribution in [1.29, 1.82) is 0 Å². The van der Waals surface area contributed by atoms with E-state index in [0.717, 1.165) is 40.5 Å². The molecule has 0 radical (unpaired) electrons. The van der Waals surface area contributed by atoms with Crippen molar-refractivity contribution in [2.24, 2.45) is 4.99 Å². The molecule has 3 nitrogen and oxygen atoms in total. The van der Waals surface area contributed by atoms with Gasteiger partial charge in [-0.15, -0.1) is 11.3 Å². The van der Waals surface area contributed by atoms with Crippen LogP contribution in [0, 0.1) is 13.8 Å². The second-order valence-corrected chi connectivity index (χ2v) is 8.20. The van der Waals surface area contributed by atoms with Crippen molar-refractivity contribution < 1.29 is 13.2 Å². The first-order chi connectivity index (χ1) is 14.2. The fourth-order valence-electron chi connectivity index (χ4n) is 2.95. The summed E-state index contributed by atoms with van der Waals surface area (Å²) in [4.78, 5) is 11.2. The number of hydrogen-bond donors (Lipinski definition) is 0. The van der Waals surface area contributed by atoms with Crippen LogP contribution in [0.4, 0.5) is 18.9 Å². The zero-order valence-corrected chi connectivity index (χ0v) is 18.2. The minimum atomic E-state index is -4.33. The Morgan fingerprint density at radius 2 is 1.80 bits per heavy atom. The van der Waals surface area contributed by atoms with E-state index in [9.17, 15) is 13.2 Å². The number of alkyl halides is 3. The van der Waals surface area contributed by atoms with Gasteiger partial charge in [0.2, 0.25) is 0 Å². The topological polar surface area (TPSA) is 28.5 Å². The summed E-state index contributed by atoms with van der Waals surface area (Å²) in [6, 6.07) is 9.34. The van der Waals surface area contributed by atoms with E-state index in [1.807, 2.05) is 30.6 Å². The van der Waals surface area contributed by atoms with Gasteiger partial charge >= 0.3 is 6.18 Å². The Bertz CT molecular complexity index is 1040. The predicted octanol–water partition coefficient (Wildman–Crippen LogP) is 6.65. The van der Waals surface area contributed by atoms with Crippen molar-refractivity contribution in [2.45, 2.75) is 33.4 Å². The minimum absolute atomic E-state index is 0.652. The van der Waals surface area contributed by atoms with Crippen molar-refractivity contribution in [1.82, 2.24) is 9.88 Å². The lowest BCUT2D eigenvalue weighted by molar-refractivity contribution is -0.137. The number of benzene rings is 2. The number of aromatic nitrogens is 1. The summed E-state index contributed by atoms with van der Waals surface area (Å²) < 4.78 is 38.2. The maximum atomic E-state index is 12.7. The number of nitrogens with zero attached hydrogens (tertiary/aromatic N) is 3. The van der Waals surface area contributed by atoms with E-state index in [1.165, 1.54) is 29.0 Å². The molecule has 0 amide bonds. The number of aliphatic imine (C=N–C) groups is 1. The quantitative estimate of drug-likeness (QED) is 0.323. The third kappa shape index (κ3) is 5.27. The first-order valence-electron chi connectivity index (χ1n) is 9.64. The molecule has 0 bridgehead atoms. The molecule has 3 rings (SSSR count). The molecule has 0 aliphatic carbocycles. The molecule has 2 aromatic carbocycles. The molecule has 0 fully saturated rings. The van der Waals surface area contributed by atoms with E-state index in [2.05, 4.69) is 36.0 Å². The molecule has 158 valence electrons. The van der Waals surface area contributed by atoms with Gasteiger partial charge < -0.3 is 4.90 Å². The van der Waals surface area contributed by atoms with Gasteiger partial charge in [-0.05, 0) is 55.7 Å². The lowest BCUT2D eigenvalue weighted by atomic mass is 10.0. The highest BCUT2D eigenvalue weighted by Crippen LogP contribution is 2.32. The van der Waals surface area contributed by atoms with E-state index < -0.39 is 11.7 Å². The van der Waals surface area contributed by atoms with Crippen LogP contribution in [-0.4, -0.2) is 29.8 Å². The number of rotatable bonds is 6. The first-order valence-corrected chi connectivity index (χ1v) is 10.5. The maximum absolute atomic E-state index is 12.7. The van der Waals surface area contributed by atoms with Gasteiger partial charge in [-0.1, -0.05) is 18.2 Å². The Morgan fingerprint density at radius 3 is 2.43 bits per heavy atom. The van der Waals surface area contributed by atoms with Crippen LogP contribution in [0.2, 0.25) is 0 Å². The molecular formula is C23H24F3N3S. The van der Waals surface area contributed by atoms with Crippen LogP contribution in [0.3, 0.4) is 0 Å². The van der Waals surface area contributed by atoms with Crippen LogP contribution in [0.5, 0.6) is 0 Å². The molecule has 30 heavy (non-hydrogen) atoms. The van der Waals surface area contributed by atoms with E-state index in [0.29, 0.717) is 17.7 Å². The van der Waals surface area contributed by atoms with Crippen molar-refractivity contribution in [3.05, 3.63) is 69.0 Å². The molecule has 0 N–H and O–H groups in total. The van der Waals surface area contributed by atoms with Crippen molar-refractivity contribution in [3.63, 3.8) is 0 Å². The SMILES string of the molecule is CCN(C)/C=N/c1cc(C)c(Cc2nc(-c3ccc(C(F)(F)F)cc3)cs2)cc1C. The highest BCUT2D eigenvalue weighted by Gasteiger charge is 2.30. The maximum Gasteiger partial charge on any atom is 0.416 e. The van der Waals surface area contributed by atoms with Gasteiger partial charge in [0.15, 0.2) is 0 Å². The second-order valence-electron chi connectivity index (χ2n) is 7.26. The molecule has 0 saturated heterocycles. The summed E-state index contributed by atoms with van der Waals surface area (Å²) in [7, 11) is 1.98. The molecule has 0 aliphatic rings. The lowest BCUT2D eigenvalue weighted by Gasteiger charge is -2.11. The van der Waals surface area contributed by atoms with E-state index in [-0.39, 0.29) is 0 Å². The molecule has 0 saturated carbocycles. The van der Waals surface area contributed by atoms with Crippen molar-refractivity contribution in [2.75, 3.05) is 13.6 Å². The van der Waals surface area contributed by atoms with Gasteiger partial charge in [0.05, 0.1) is 28.3 Å². The Labute approximate surface area is 178 Å². The zero-order chi connectivity index (χ0) is 21.9. The molecule has 3 aromatic rings. The van der Waals surface area contributed by atoms with Crippen LogP contribution in [-0.2, 0) is 12.6 Å². The molecule has 0 aliphatic heterocycles. The number of thiazole rings is 1. The standard InChI is InChI=1S/C23H24F3N3S/c1-5-29(4)14-27-20-11-15(2)18(10-16(20)3)12-22-28-21(13-30-22)17-6-8-19(9-7-17)23(24,25)26/h6-11,13-14H,5,12H2,1-4H3/b27-14+. The summed E-state index contributed by atoms with van der Waals surface area (Å²) >= 11 is 1.52. The normalized spacial score (nSPS) is 12.0. The second kappa shape index (κ2) is 9.00. The largest absolute Gasteiger partial charge is 0.416 e. The summed E-state index contributed by atoms with van der Waals surface area (Å²) in [5.74, 6) is 0. The smallest absolute Gasteiger partial charge is 0.366 e. The summed E-state index contributed by atoms with van der Waals surface area (Å²) in [6.45, 7) is 7.06. The Balaban J connectivity index is 1.77. The monoisotopic (exact) mass is 431 g/mol. The third-order valence-corrected chi connectivity index (χ3v) is 5.80. The summed E-state index contributed by atoms with van der Waals surface area (Å²) in [6.07, 6.45) is -1.82. The molecule has 0 unspecified atom stereocenters. The highest BCUT2D eigenvalue weighted by molar-refractivity contribution is 7.10. The molecule has 0 spiro atoms. The van der Waals surface area contributed by atoms with E-state index in [1.54, 1.807) is 0 Å². The fraction of sp³-hybridized carbons (Fsp3) is 0.304. The Hall–Kier alpha value is -2.67. The van der Waals surface area contributed by atoms with Gasteiger partial charge in [-0.3, -0.25) is 0 Å². The lowest BCUT2D eigenvalue weighted by Crippen LogP contribution is -2.14. The average molecular weight is 432 g/mol. The van der Waals surface area contributed by atoms with Crippen LogP contribution in [0.1, 0.15) is 34.2 Å². The molecule has 1 aromatic heterocycles. The Morgan fingerprint density at radius 1 is 1.10 bits per heavy atom. The zero-order valence-electron chi connectivity index (χ0n) is 17.4. The number of hydrogen-bond acceptors (Lipinski definition) is 3. The fourth-order valence-corrected chi connectivity index (χ4v) is 3.78. The van der Waals surface area contributed by atoms with Crippen molar-refractivity contribution >= 4 is 23.4 Å². The van der Waals surface area contributed by atoms with Crippen LogP contribution >= 0.6 is 11.3 Å². The van der Waals surface area contributed by atoms with Crippen LogP contribution in [0.25, 0.3) is 11.3 Å². The van der Waals surface area contributed by atoms with Gasteiger partial charge in [-0.25, -0.2) is 9.98 Å².